The van der Waals surface area contributed by atoms with Gasteiger partial charge in [-0.1, -0.05) is 0 Å². The predicted molar refractivity (Wildman–Crippen MR) is 82.1 cm³/mol. The van der Waals surface area contributed by atoms with Crippen molar-refractivity contribution in [3.05, 3.63) is 32.2 Å². The minimum Gasteiger partial charge on any atom is -0.315 e. The second kappa shape index (κ2) is 6.35. The second-order valence-electron chi connectivity index (χ2n) is 4.23. The van der Waals surface area contributed by atoms with Gasteiger partial charge in [0.2, 0.25) is 10.0 Å². The van der Waals surface area contributed by atoms with E-state index in [0.717, 1.165) is 16.1 Å². The normalized spacial score (nSPS) is 11.9. The Hall–Kier alpha value is -0.740. The first kappa shape index (κ1) is 15.6. The third kappa shape index (κ3) is 3.47. The van der Waals surface area contributed by atoms with Gasteiger partial charge in [0, 0.05) is 29.2 Å². The van der Waals surface area contributed by atoms with E-state index in [4.69, 9.17) is 0 Å². The highest BCUT2D eigenvalue weighted by atomic mass is 79.9. The van der Waals surface area contributed by atoms with Crippen LogP contribution in [-0.2, 0) is 23.1 Å². The zero-order valence-electron chi connectivity index (χ0n) is 11.0. The van der Waals surface area contributed by atoms with Gasteiger partial charge >= 0.3 is 0 Å². The van der Waals surface area contributed by atoms with Gasteiger partial charge < -0.3 is 5.32 Å². The van der Waals surface area contributed by atoms with Crippen LogP contribution in [0.2, 0.25) is 0 Å². The number of aryl methyl sites for hydroxylation is 1. The van der Waals surface area contributed by atoms with Crippen LogP contribution >= 0.6 is 27.3 Å². The molecular weight excluding hydrogens is 364 g/mol. The van der Waals surface area contributed by atoms with Gasteiger partial charge in [-0.15, -0.1) is 11.3 Å². The highest BCUT2D eigenvalue weighted by Gasteiger charge is 2.21. The Bertz CT molecular complexity index is 693. The summed E-state index contributed by atoms with van der Waals surface area (Å²) in [6.45, 7) is 2.70. The van der Waals surface area contributed by atoms with E-state index in [9.17, 15) is 8.42 Å². The highest BCUT2D eigenvalue weighted by molar-refractivity contribution is 9.11. The van der Waals surface area contributed by atoms with Crippen molar-refractivity contribution in [2.45, 2.75) is 24.9 Å². The van der Waals surface area contributed by atoms with Crippen molar-refractivity contribution in [3.63, 3.8) is 0 Å². The molecule has 0 radical (unpaired) electrons. The topological polar surface area (TPSA) is 86.9 Å². The number of H-pyrrole nitrogens is 1. The molecule has 6 nitrogen and oxygen atoms in total. The van der Waals surface area contributed by atoms with Crippen LogP contribution < -0.4 is 10.0 Å². The van der Waals surface area contributed by atoms with E-state index < -0.39 is 10.0 Å². The van der Waals surface area contributed by atoms with Crippen molar-refractivity contribution >= 4 is 37.3 Å². The summed E-state index contributed by atoms with van der Waals surface area (Å²) < 4.78 is 27.8. The average Bonchev–Trinajstić information content (AvgIpc) is 2.94. The van der Waals surface area contributed by atoms with Crippen LogP contribution in [0.15, 0.2) is 20.9 Å². The Labute approximate surface area is 130 Å². The van der Waals surface area contributed by atoms with Gasteiger partial charge in [-0.2, -0.15) is 5.10 Å². The molecule has 3 N–H and O–H groups in total. The summed E-state index contributed by atoms with van der Waals surface area (Å²) in [4.78, 5) is 1.23. The standard InChI is InChI=1S/C11H15BrN4O2S2/c1-7-8(4-14-16-7)5-15-20(17,18)10-3-9(6-13-2)19-11(10)12/h3-4,13,15H,5-6H2,1-2H3,(H,14,16). The molecule has 0 atom stereocenters. The summed E-state index contributed by atoms with van der Waals surface area (Å²) in [6.07, 6.45) is 1.62. The molecule has 0 saturated heterocycles. The van der Waals surface area contributed by atoms with Crippen molar-refractivity contribution in [1.82, 2.24) is 20.2 Å². The summed E-state index contributed by atoms with van der Waals surface area (Å²) in [6, 6.07) is 1.68. The number of aromatic amines is 1. The molecular formula is C11H15BrN4O2S2. The zero-order valence-corrected chi connectivity index (χ0v) is 14.2. The van der Waals surface area contributed by atoms with Gasteiger partial charge in [0.05, 0.1) is 9.98 Å². The average molecular weight is 379 g/mol. The van der Waals surface area contributed by atoms with Gasteiger partial charge in [-0.25, -0.2) is 13.1 Å². The molecule has 0 amide bonds. The number of sulfonamides is 1. The van der Waals surface area contributed by atoms with Gasteiger partial charge in [0.15, 0.2) is 0 Å². The number of thiophene rings is 1. The minimum absolute atomic E-state index is 0.217. The highest BCUT2D eigenvalue weighted by Crippen LogP contribution is 2.31. The van der Waals surface area contributed by atoms with Crippen LogP contribution in [-0.4, -0.2) is 25.7 Å². The smallest absolute Gasteiger partial charge is 0.242 e. The maximum Gasteiger partial charge on any atom is 0.242 e. The lowest BCUT2D eigenvalue weighted by atomic mass is 10.3. The molecule has 0 aliphatic carbocycles. The number of hydrogen-bond acceptors (Lipinski definition) is 5. The van der Waals surface area contributed by atoms with E-state index in [-0.39, 0.29) is 11.4 Å². The van der Waals surface area contributed by atoms with Crippen molar-refractivity contribution in [3.8, 4) is 0 Å². The number of halogens is 1. The maximum atomic E-state index is 12.3. The third-order valence-corrected chi connectivity index (χ3v) is 6.39. The third-order valence-electron chi connectivity index (χ3n) is 2.73. The van der Waals surface area contributed by atoms with Crippen molar-refractivity contribution in [1.29, 1.82) is 0 Å². The summed E-state index contributed by atoms with van der Waals surface area (Å²) in [5.41, 5.74) is 1.68. The van der Waals surface area contributed by atoms with E-state index in [0.29, 0.717) is 10.3 Å². The molecule has 0 saturated carbocycles. The van der Waals surface area contributed by atoms with Crippen LogP contribution in [0.1, 0.15) is 16.1 Å². The van der Waals surface area contributed by atoms with Crippen molar-refractivity contribution in [2.24, 2.45) is 0 Å². The minimum atomic E-state index is -3.54. The molecule has 110 valence electrons. The number of hydrogen-bond donors (Lipinski definition) is 3. The van der Waals surface area contributed by atoms with E-state index in [1.807, 2.05) is 14.0 Å². The van der Waals surface area contributed by atoms with E-state index in [1.165, 1.54) is 11.3 Å². The molecule has 2 rings (SSSR count). The van der Waals surface area contributed by atoms with Crippen molar-refractivity contribution in [2.75, 3.05) is 7.05 Å². The van der Waals surface area contributed by atoms with Gasteiger partial charge in [-0.05, 0) is 36.0 Å². The number of rotatable bonds is 6. The van der Waals surface area contributed by atoms with Crippen LogP contribution in [0.3, 0.4) is 0 Å². The molecule has 0 bridgehead atoms. The fourth-order valence-electron chi connectivity index (χ4n) is 1.65. The lowest BCUT2D eigenvalue weighted by molar-refractivity contribution is 0.581. The Balaban J connectivity index is 2.16. The van der Waals surface area contributed by atoms with Gasteiger partial charge in [0.1, 0.15) is 4.90 Å². The van der Waals surface area contributed by atoms with Gasteiger partial charge in [0.25, 0.3) is 0 Å². The number of nitrogens with one attached hydrogen (secondary N) is 3. The molecule has 0 aliphatic rings. The first-order chi connectivity index (χ1) is 9.44. The predicted octanol–water partition coefficient (Wildman–Crippen LogP) is 1.74. The lowest BCUT2D eigenvalue weighted by Gasteiger charge is -2.05. The quantitative estimate of drug-likeness (QED) is 0.714. The molecule has 0 fully saturated rings. The number of aromatic nitrogens is 2. The fraction of sp³-hybridized carbons (Fsp3) is 0.364. The molecule has 0 aromatic carbocycles. The molecule has 0 spiro atoms. The first-order valence-corrected chi connectivity index (χ1v) is 8.94. The van der Waals surface area contributed by atoms with Crippen LogP contribution in [0.5, 0.6) is 0 Å². The Morgan fingerprint density at radius 2 is 2.20 bits per heavy atom. The Morgan fingerprint density at radius 3 is 2.80 bits per heavy atom. The fourth-order valence-corrected chi connectivity index (χ4v) is 5.35. The van der Waals surface area contributed by atoms with Crippen molar-refractivity contribution < 1.29 is 8.42 Å². The Morgan fingerprint density at radius 1 is 1.45 bits per heavy atom. The molecule has 2 aromatic heterocycles. The molecule has 0 unspecified atom stereocenters. The number of nitrogens with zero attached hydrogens (tertiary/aromatic N) is 1. The maximum absolute atomic E-state index is 12.3. The monoisotopic (exact) mass is 378 g/mol. The van der Waals surface area contributed by atoms with Crippen LogP contribution in [0.25, 0.3) is 0 Å². The SMILES string of the molecule is CNCc1cc(S(=O)(=O)NCc2cn[nH]c2C)c(Br)s1. The zero-order chi connectivity index (χ0) is 14.8. The van der Waals surface area contributed by atoms with Crippen LogP contribution in [0.4, 0.5) is 0 Å². The van der Waals surface area contributed by atoms with Crippen LogP contribution in [0, 0.1) is 6.92 Å². The lowest BCUT2D eigenvalue weighted by Crippen LogP contribution is -2.23. The summed E-state index contributed by atoms with van der Waals surface area (Å²) >= 11 is 4.72. The van der Waals surface area contributed by atoms with Gasteiger partial charge in [-0.3, -0.25) is 5.10 Å². The molecule has 0 aliphatic heterocycles. The largest absolute Gasteiger partial charge is 0.315 e. The van der Waals surface area contributed by atoms with E-state index in [1.54, 1.807) is 12.3 Å². The molecule has 2 heterocycles. The molecule has 9 heteroatoms. The summed E-state index contributed by atoms with van der Waals surface area (Å²) in [5, 5.41) is 9.64. The molecule has 2 aromatic rings. The first-order valence-electron chi connectivity index (χ1n) is 5.85. The summed E-state index contributed by atoms with van der Waals surface area (Å²) in [5.74, 6) is 0. The van der Waals surface area contributed by atoms with E-state index >= 15 is 0 Å². The molecule has 20 heavy (non-hydrogen) atoms. The van der Waals surface area contributed by atoms with E-state index in [2.05, 4.69) is 36.2 Å². The summed E-state index contributed by atoms with van der Waals surface area (Å²) in [7, 11) is -1.72. The Kier molecular flexibility index (Phi) is 4.97. The second-order valence-corrected chi connectivity index (χ2v) is 8.42.